The van der Waals surface area contributed by atoms with Crippen LogP contribution in [0.4, 0.5) is 0 Å². The highest BCUT2D eigenvalue weighted by atomic mass is 16.5. The molecule has 0 aliphatic carbocycles. The first-order valence-electron chi connectivity index (χ1n) is 9.20. The molecule has 0 aromatic rings. The van der Waals surface area contributed by atoms with Crippen molar-refractivity contribution in [2.75, 3.05) is 26.2 Å². The van der Waals surface area contributed by atoms with Crippen molar-refractivity contribution in [3.63, 3.8) is 0 Å². The summed E-state index contributed by atoms with van der Waals surface area (Å²) in [5.41, 5.74) is 0. The standard InChI is InChI=1S/C18H37NO/c1-3-5-7-9-10-11-13-18-17-19(15-16-20-18)14-12-8-6-4-2/h18H,3-17H2,1-2H3/t18-/m1/s1. The van der Waals surface area contributed by atoms with E-state index in [1.54, 1.807) is 0 Å². The molecule has 1 aliphatic rings. The van der Waals surface area contributed by atoms with E-state index in [0.717, 1.165) is 13.2 Å². The second-order valence-corrected chi connectivity index (χ2v) is 6.41. The Morgan fingerprint density at radius 2 is 1.50 bits per heavy atom. The Morgan fingerprint density at radius 1 is 0.850 bits per heavy atom. The van der Waals surface area contributed by atoms with E-state index in [2.05, 4.69) is 18.7 Å². The molecule has 2 heteroatoms. The van der Waals surface area contributed by atoms with Crippen molar-refractivity contribution in [3.05, 3.63) is 0 Å². The zero-order valence-electron chi connectivity index (χ0n) is 14.0. The van der Waals surface area contributed by atoms with E-state index in [1.165, 1.54) is 83.7 Å². The van der Waals surface area contributed by atoms with Crippen LogP contribution in [0.2, 0.25) is 0 Å². The van der Waals surface area contributed by atoms with Crippen LogP contribution in [0.1, 0.15) is 84.5 Å². The molecule has 0 unspecified atom stereocenters. The number of rotatable bonds is 12. The fourth-order valence-electron chi connectivity index (χ4n) is 3.07. The monoisotopic (exact) mass is 283 g/mol. The Hall–Kier alpha value is -0.0800. The molecule has 2 nitrogen and oxygen atoms in total. The number of unbranched alkanes of at least 4 members (excludes halogenated alkanes) is 8. The molecule has 0 aromatic carbocycles. The number of hydrogen-bond acceptors (Lipinski definition) is 2. The normalized spacial score (nSPS) is 20.4. The summed E-state index contributed by atoms with van der Waals surface area (Å²) in [6.45, 7) is 9.14. The van der Waals surface area contributed by atoms with Crippen LogP contribution in [0.3, 0.4) is 0 Å². The predicted molar refractivity (Wildman–Crippen MR) is 88.3 cm³/mol. The van der Waals surface area contributed by atoms with Crippen molar-refractivity contribution in [3.8, 4) is 0 Å². The molecule has 0 radical (unpaired) electrons. The van der Waals surface area contributed by atoms with Gasteiger partial charge in [0, 0.05) is 13.1 Å². The molecule has 0 amide bonds. The molecule has 120 valence electrons. The summed E-state index contributed by atoms with van der Waals surface area (Å²) in [5, 5.41) is 0. The van der Waals surface area contributed by atoms with Crippen LogP contribution >= 0.6 is 0 Å². The van der Waals surface area contributed by atoms with Gasteiger partial charge in [-0.25, -0.2) is 0 Å². The predicted octanol–water partition coefficient (Wildman–Crippen LogP) is 5.02. The van der Waals surface area contributed by atoms with E-state index in [4.69, 9.17) is 4.74 Å². The van der Waals surface area contributed by atoms with Gasteiger partial charge in [0.2, 0.25) is 0 Å². The third-order valence-corrected chi connectivity index (χ3v) is 4.43. The lowest BCUT2D eigenvalue weighted by Crippen LogP contribution is -2.42. The molecule has 1 rings (SSSR count). The van der Waals surface area contributed by atoms with E-state index < -0.39 is 0 Å². The van der Waals surface area contributed by atoms with E-state index in [-0.39, 0.29) is 0 Å². The fourth-order valence-corrected chi connectivity index (χ4v) is 3.07. The smallest absolute Gasteiger partial charge is 0.0702 e. The van der Waals surface area contributed by atoms with Gasteiger partial charge in [-0.15, -0.1) is 0 Å². The minimum atomic E-state index is 0.515. The van der Waals surface area contributed by atoms with Crippen LogP contribution < -0.4 is 0 Å². The molecule has 1 aliphatic heterocycles. The molecule has 1 heterocycles. The maximum Gasteiger partial charge on any atom is 0.0702 e. The van der Waals surface area contributed by atoms with Crippen molar-refractivity contribution in [2.24, 2.45) is 0 Å². The molecule has 1 atom stereocenters. The van der Waals surface area contributed by atoms with Crippen molar-refractivity contribution >= 4 is 0 Å². The first kappa shape index (κ1) is 18.0. The number of morpholine rings is 1. The maximum atomic E-state index is 5.92. The minimum absolute atomic E-state index is 0.515. The van der Waals surface area contributed by atoms with Gasteiger partial charge in [0.1, 0.15) is 0 Å². The van der Waals surface area contributed by atoms with E-state index in [0.29, 0.717) is 6.10 Å². The SMILES string of the molecule is CCCCCCCC[C@@H]1CN(CCCCCC)CCO1. The molecule has 1 saturated heterocycles. The molecule has 0 aromatic heterocycles. The van der Waals surface area contributed by atoms with Gasteiger partial charge in [-0.05, 0) is 19.4 Å². The van der Waals surface area contributed by atoms with Crippen molar-refractivity contribution in [2.45, 2.75) is 90.6 Å². The minimum Gasteiger partial charge on any atom is -0.376 e. The second kappa shape index (κ2) is 12.6. The lowest BCUT2D eigenvalue weighted by Gasteiger charge is -2.33. The van der Waals surface area contributed by atoms with Gasteiger partial charge < -0.3 is 4.74 Å². The average Bonchev–Trinajstić information content (AvgIpc) is 2.48. The molecule has 0 bridgehead atoms. The zero-order valence-corrected chi connectivity index (χ0v) is 14.0. The lowest BCUT2D eigenvalue weighted by molar-refractivity contribution is -0.0333. The highest BCUT2D eigenvalue weighted by molar-refractivity contribution is 4.71. The summed E-state index contributed by atoms with van der Waals surface area (Å²) < 4.78 is 5.92. The lowest BCUT2D eigenvalue weighted by atomic mass is 10.1. The average molecular weight is 283 g/mol. The van der Waals surface area contributed by atoms with Crippen LogP contribution in [0.25, 0.3) is 0 Å². The number of ether oxygens (including phenoxy) is 1. The molecule has 0 spiro atoms. The summed E-state index contributed by atoms with van der Waals surface area (Å²) in [4.78, 5) is 2.63. The Kier molecular flexibility index (Phi) is 11.4. The van der Waals surface area contributed by atoms with Crippen molar-refractivity contribution in [1.29, 1.82) is 0 Å². The molecule has 0 N–H and O–H groups in total. The Balaban J connectivity index is 1.99. The quantitative estimate of drug-likeness (QED) is 0.466. The Morgan fingerprint density at radius 3 is 2.25 bits per heavy atom. The van der Waals surface area contributed by atoms with Crippen LogP contribution in [-0.2, 0) is 4.74 Å². The summed E-state index contributed by atoms with van der Waals surface area (Å²) >= 11 is 0. The van der Waals surface area contributed by atoms with Crippen LogP contribution in [-0.4, -0.2) is 37.2 Å². The second-order valence-electron chi connectivity index (χ2n) is 6.41. The topological polar surface area (TPSA) is 12.5 Å². The summed E-state index contributed by atoms with van der Waals surface area (Å²) in [7, 11) is 0. The molecule has 1 fully saturated rings. The van der Waals surface area contributed by atoms with Gasteiger partial charge in [-0.1, -0.05) is 71.6 Å². The van der Waals surface area contributed by atoms with Crippen LogP contribution in [0.5, 0.6) is 0 Å². The van der Waals surface area contributed by atoms with E-state index in [1.807, 2.05) is 0 Å². The highest BCUT2D eigenvalue weighted by Gasteiger charge is 2.19. The summed E-state index contributed by atoms with van der Waals surface area (Å²) in [6.07, 6.45) is 15.6. The van der Waals surface area contributed by atoms with Crippen molar-refractivity contribution in [1.82, 2.24) is 4.90 Å². The first-order chi connectivity index (χ1) is 9.86. The van der Waals surface area contributed by atoms with Crippen molar-refractivity contribution < 1.29 is 4.74 Å². The summed E-state index contributed by atoms with van der Waals surface area (Å²) in [5.74, 6) is 0. The molecule has 0 saturated carbocycles. The number of hydrogen-bond donors (Lipinski definition) is 0. The fraction of sp³-hybridized carbons (Fsp3) is 1.00. The largest absolute Gasteiger partial charge is 0.376 e. The van der Waals surface area contributed by atoms with Gasteiger partial charge in [-0.2, -0.15) is 0 Å². The van der Waals surface area contributed by atoms with E-state index in [9.17, 15) is 0 Å². The zero-order chi connectivity index (χ0) is 14.5. The van der Waals surface area contributed by atoms with Gasteiger partial charge >= 0.3 is 0 Å². The Labute approximate surface area is 127 Å². The first-order valence-corrected chi connectivity index (χ1v) is 9.20. The third-order valence-electron chi connectivity index (χ3n) is 4.43. The highest BCUT2D eigenvalue weighted by Crippen LogP contribution is 2.15. The van der Waals surface area contributed by atoms with Gasteiger partial charge in [0.15, 0.2) is 0 Å². The maximum absolute atomic E-state index is 5.92. The molecular formula is C18H37NO. The van der Waals surface area contributed by atoms with E-state index >= 15 is 0 Å². The Bertz CT molecular complexity index is 208. The summed E-state index contributed by atoms with van der Waals surface area (Å²) in [6, 6.07) is 0. The number of nitrogens with zero attached hydrogens (tertiary/aromatic N) is 1. The van der Waals surface area contributed by atoms with Gasteiger partial charge in [0.05, 0.1) is 12.7 Å². The molecule has 20 heavy (non-hydrogen) atoms. The molecular weight excluding hydrogens is 246 g/mol. The third kappa shape index (κ3) is 8.97. The van der Waals surface area contributed by atoms with Gasteiger partial charge in [-0.3, -0.25) is 4.90 Å². The van der Waals surface area contributed by atoms with Crippen LogP contribution in [0, 0.1) is 0 Å². The van der Waals surface area contributed by atoms with Crippen LogP contribution in [0.15, 0.2) is 0 Å². The van der Waals surface area contributed by atoms with Gasteiger partial charge in [0.25, 0.3) is 0 Å².